The quantitative estimate of drug-likeness (QED) is 0.388. The van der Waals surface area contributed by atoms with Crippen molar-refractivity contribution in [3.8, 4) is 0 Å². The van der Waals surface area contributed by atoms with Gasteiger partial charge in [0.15, 0.2) is 0 Å². The van der Waals surface area contributed by atoms with Gasteiger partial charge in [0.25, 0.3) is 0 Å². The highest BCUT2D eigenvalue weighted by Gasteiger charge is 2.64. The Hall–Kier alpha value is -0.810. The summed E-state index contributed by atoms with van der Waals surface area (Å²) in [5.74, 6) is 3.74. The predicted octanol–water partition coefficient (Wildman–Crippen LogP) is 5.92. The molecule has 35 heavy (non-hydrogen) atoms. The van der Waals surface area contributed by atoms with Crippen LogP contribution >= 0.6 is 0 Å². The molecule has 5 saturated carbocycles. The number of rotatable bonds is 7. The minimum Gasteiger partial charge on any atom is -0.450 e. The van der Waals surface area contributed by atoms with Gasteiger partial charge in [0, 0.05) is 6.04 Å². The van der Waals surface area contributed by atoms with Crippen LogP contribution in [0, 0.1) is 52.3 Å². The molecule has 0 radical (unpaired) electrons. The highest BCUT2D eigenvalue weighted by molar-refractivity contribution is 5.67. The van der Waals surface area contributed by atoms with Gasteiger partial charge in [0.05, 0.1) is 18.8 Å². The van der Waals surface area contributed by atoms with E-state index in [0.29, 0.717) is 59.5 Å². The van der Waals surface area contributed by atoms with Gasteiger partial charge in [-0.1, -0.05) is 34.1 Å². The molecule has 5 nitrogen and oxygen atoms in total. The maximum atomic E-state index is 11.8. The Morgan fingerprint density at radius 1 is 1.00 bits per heavy atom. The van der Waals surface area contributed by atoms with Crippen LogP contribution in [-0.4, -0.2) is 41.2 Å². The zero-order chi connectivity index (χ0) is 25.0. The Labute approximate surface area is 213 Å². The van der Waals surface area contributed by atoms with E-state index in [2.05, 4.69) is 33.0 Å². The molecule has 5 heteroatoms. The van der Waals surface area contributed by atoms with Crippen molar-refractivity contribution in [2.45, 2.75) is 123 Å². The molecule has 0 aromatic rings. The number of aliphatic hydroxyl groups is 2. The molecular formula is C30H51NO4. The summed E-state index contributed by atoms with van der Waals surface area (Å²) in [5.41, 5.74) is 0.578. The first kappa shape index (κ1) is 25.8. The SMILES string of the molecule is CC[C@@H]1C2C[C@H](O)CC[C@]2(C)[C@H]2CC[C@]3(C)C([C@H](C)CCCOC(=O)NC4CC4)CC[C@H]3[C@@H]2[C@@H]1O. The number of ether oxygens (including phenoxy) is 1. The Bertz CT molecular complexity index is 769. The largest absolute Gasteiger partial charge is 0.450 e. The highest BCUT2D eigenvalue weighted by Crippen LogP contribution is 2.69. The maximum Gasteiger partial charge on any atom is 0.407 e. The number of aliphatic hydroxyl groups excluding tert-OH is 2. The lowest BCUT2D eigenvalue weighted by molar-refractivity contribution is -0.203. The third kappa shape index (κ3) is 4.56. The van der Waals surface area contributed by atoms with Gasteiger partial charge in [-0.25, -0.2) is 4.79 Å². The van der Waals surface area contributed by atoms with Crippen molar-refractivity contribution in [3.63, 3.8) is 0 Å². The average molecular weight is 490 g/mol. The standard InChI is InChI=1S/C30H51NO4/c1-5-21-25-17-20(32)12-14-30(25,4)24-13-15-29(3)22(10-11-23(29)26(24)27(21)33)18(2)7-6-16-35-28(34)31-19-8-9-19/h18-27,32-33H,5-17H2,1-4H3,(H,31,34)/t18-,20-,21-,22?,23+,24+,25?,26+,27-,29-,30-/m1/s1. The summed E-state index contributed by atoms with van der Waals surface area (Å²) in [4.78, 5) is 11.8. The topological polar surface area (TPSA) is 78.8 Å². The summed E-state index contributed by atoms with van der Waals surface area (Å²) < 4.78 is 5.41. The zero-order valence-corrected chi connectivity index (χ0v) is 22.7. The number of amides is 1. The number of hydrogen-bond donors (Lipinski definition) is 3. The lowest BCUT2D eigenvalue weighted by Crippen LogP contribution is -2.62. The fourth-order valence-corrected chi connectivity index (χ4v) is 10.1. The monoisotopic (exact) mass is 489 g/mol. The summed E-state index contributed by atoms with van der Waals surface area (Å²) in [5, 5.41) is 25.2. The Kier molecular flexibility index (Phi) is 7.24. The van der Waals surface area contributed by atoms with Gasteiger partial charge in [-0.05, 0) is 123 Å². The van der Waals surface area contributed by atoms with E-state index in [-0.39, 0.29) is 23.7 Å². The van der Waals surface area contributed by atoms with Crippen LogP contribution in [0.3, 0.4) is 0 Å². The maximum absolute atomic E-state index is 11.8. The van der Waals surface area contributed by atoms with Gasteiger partial charge in [-0.2, -0.15) is 0 Å². The number of fused-ring (bicyclic) bond motifs is 5. The van der Waals surface area contributed by atoms with Crippen LogP contribution in [0.2, 0.25) is 0 Å². The van der Waals surface area contributed by atoms with Crippen LogP contribution in [-0.2, 0) is 4.74 Å². The van der Waals surface area contributed by atoms with Crippen molar-refractivity contribution in [1.29, 1.82) is 0 Å². The van der Waals surface area contributed by atoms with Crippen molar-refractivity contribution in [1.82, 2.24) is 5.32 Å². The van der Waals surface area contributed by atoms with E-state index in [1.807, 2.05) is 0 Å². The molecule has 5 aliphatic rings. The van der Waals surface area contributed by atoms with Crippen LogP contribution in [0.5, 0.6) is 0 Å². The lowest BCUT2D eigenvalue weighted by atomic mass is 9.41. The van der Waals surface area contributed by atoms with Crippen molar-refractivity contribution < 1.29 is 19.7 Å². The van der Waals surface area contributed by atoms with E-state index < -0.39 is 0 Å². The number of hydrogen-bond acceptors (Lipinski definition) is 4. The minimum absolute atomic E-state index is 0.180. The Balaban J connectivity index is 1.24. The predicted molar refractivity (Wildman–Crippen MR) is 138 cm³/mol. The molecular weight excluding hydrogens is 438 g/mol. The second-order valence-electron chi connectivity index (χ2n) is 13.8. The first-order valence-electron chi connectivity index (χ1n) is 15.0. The number of nitrogens with one attached hydrogen (secondary N) is 1. The molecule has 0 aliphatic heterocycles. The second kappa shape index (κ2) is 9.82. The molecule has 1 amide bonds. The van der Waals surface area contributed by atoms with Gasteiger partial charge < -0.3 is 20.3 Å². The Morgan fingerprint density at radius 2 is 1.71 bits per heavy atom. The molecule has 0 aromatic carbocycles. The molecule has 0 saturated heterocycles. The first-order valence-corrected chi connectivity index (χ1v) is 15.0. The molecule has 11 atom stereocenters. The third-order valence-corrected chi connectivity index (χ3v) is 12.1. The summed E-state index contributed by atoms with van der Waals surface area (Å²) in [6.45, 7) is 10.3. The summed E-state index contributed by atoms with van der Waals surface area (Å²) in [6, 6.07) is 0.352. The van der Waals surface area contributed by atoms with E-state index >= 15 is 0 Å². The zero-order valence-electron chi connectivity index (χ0n) is 22.7. The van der Waals surface area contributed by atoms with E-state index in [1.165, 1.54) is 25.7 Å². The molecule has 5 rings (SSSR count). The van der Waals surface area contributed by atoms with Crippen molar-refractivity contribution in [2.75, 3.05) is 6.61 Å². The average Bonchev–Trinajstić information content (AvgIpc) is 3.56. The molecule has 0 spiro atoms. The minimum atomic E-state index is -0.245. The van der Waals surface area contributed by atoms with Crippen molar-refractivity contribution in [3.05, 3.63) is 0 Å². The third-order valence-electron chi connectivity index (χ3n) is 12.1. The number of alkyl carbamates (subject to hydrolysis) is 1. The highest BCUT2D eigenvalue weighted by atomic mass is 16.5. The first-order chi connectivity index (χ1) is 16.7. The van der Waals surface area contributed by atoms with Crippen LogP contribution in [0.4, 0.5) is 4.79 Å². The molecule has 0 heterocycles. The van der Waals surface area contributed by atoms with Crippen molar-refractivity contribution in [2.24, 2.45) is 52.3 Å². The smallest absolute Gasteiger partial charge is 0.407 e. The second-order valence-corrected chi connectivity index (χ2v) is 13.8. The van der Waals surface area contributed by atoms with E-state index in [4.69, 9.17) is 4.74 Å². The van der Waals surface area contributed by atoms with Crippen LogP contribution < -0.4 is 5.32 Å². The fraction of sp³-hybridized carbons (Fsp3) is 0.967. The van der Waals surface area contributed by atoms with Gasteiger partial charge in [-0.15, -0.1) is 0 Å². The number of carbonyl (C=O) groups is 1. The summed E-state index contributed by atoms with van der Waals surface area (Å²) >= 11 is 0. The van der Waals surface area contributed by atoms with Gasteiger partial charge >= 0.3 is 6.09 Å². The summed E-state index contributed by atoms with van der Waals surface area (Å²) in [6.07, 6.45) is 12.6. The molecule has 0 aromatic heterocycles. The van der Waals surface area contributed by atoms with E-state index in [1.54, 1.807) is 0 Å². The van der Waals surface area contributed by atoms with Crippen LogP contribution in [0.25, 0.3) is 0 Å². The molecule has 2 unspecified atom stereocenters. The normalized spacial score (nSPS) is 47.8. The molecule has 3 N–H and O–H groups in total. The number of carbonyl (C=O) groups excluding carboxylic acids is 1. The fourth-order valence-electron chi connectivity index (χ4n) is 10.1. The van der Waals surface area contributed by atoms with Gasteiger partial charge in [-0.3, -0.25) is 0 Å². The van der Waals surface area contributed by atoms with Crippen LogP contribution in [0.15, 0.2) is 0 Å². The van der Waals surface area contributed by atoms with Crippen LogP contribution in [0.1, 0.15) is 105 Å². The van der Waals surface area contributed by atoms with E-state index in [0.717, 1.165) is 51.4 Å². The summed E-state index contributed by atoms with van der Waals surface area (Å²) in [7, 11) is 0. The van der Waals surface area contributed by atoms with E-state index in [9.17, 15) is 15.0 Å². The van der Waals surface area contributed by atoms with Gasteiger partial charge in [0.1, 0.15) is 0 Å². The lowest BCUT2D eigenvalue weighted by Gasteiger charge is -2.64. The molecule has 5 fully saturated rings. The molecule has 200 valence electrons. The molecule has 5 aliphatic carbocycles. The Morgan fingerprint density at radius 3 is 2.43 bits per heavy atom. The van der Waals surface area contributed by atoms with Gasteiger partial charge in [0.2, 0.25) is 0 Å². The molecule has 0 bridgehead atoms. The van der Waals surface area contributed by atoms with Crippen molar-refractivity contribution >= 4 is 6.09 Å².